The van der Waals surface area contributed by atoms with Gasteiger partial charge in [-0.1, -0.05) is 127 Å². The van der Waals surface area contributed by atoms with E-state index < -0.39 is 31.2 Å². The van der Waals surface area contributed by atoms with Crippen LogP contribution in [0, 0.1) is 50.6 Å². The minimum absolute atomic E-state index is 0.723. The fraction of sp³-hybridized carbons (Fsp3) is 0.294. The maximum atomic E-state index is 3.77. The van der Waals surface area contributed by atoms with Crippen molar-refractivity contribution in [2.45, 2.75) is 67.0 Å². The first-order chi connectivity index (χ1) is 17.8. The third-order valence-electron chi connectivity index (χ3n) is 6.81. The summed E-state index contributed by atoms with van der Waals surface area (Å²) in [4.78, 5) is 0. The van der Waals surface area contributed by atoms with E-state index in [1.165, 1.54) is 54.0 Å². The van der Waals surface area contributed by atoms with Crippen molar-refractivity contribution < 1.29 is 0 Å². The molecule has 0 aliphatic carbocycles. The number of hydrogen-bond acceptors (Lipinski definition) is 0. The Morgan fingerprint density at radius 3 is 1.08 bits per heavy atom. The van der Waals surface area contributed by atoms with Crippen LogP contribution in [0.2, 0.25) is 39.3 Å². The summed E-state index contributed by atoms with van der Waals surface area (Å²) < 4.78 is 0. The summed E-state index contributed by atoms with van der Waals surface area (Å²) in [6.45, 7) is 23.3. The Hall–Kier alpha value is -2.45. The summed E-state index contributed by atoms with van der Waals surface area (Å²) in [5, 5.41) is 8.56. The summed E-state index contributed by atoms with van der Waals surface area (Å²) >= 11 is 0. The SMILES string of the molecule is Cc1c(C)c(-c2c(C)c(C)c(C#C[Si](C)(C)C)p2-c2ccccc2)p(-c2ccccc2)c1C#C[Si](C)(C)C. The molecule has 2 unspecified atom stereocenters. The molecule has 194 valence electrons. The second-order valence-electron chi connectivity index (χ2n) is 12.2. The van der Waals surface area contributed by atoms with Crippen molar-refractivity contribution in [3.05, 3.63) is 93.5 Å². The van der Waals surface area contributed by atoms with Gasteiger partial charge in [-0.3, -0.25) is 0 Å². The predicted molar refractivity (Wildman–Crippen MR) is 179 cm³/mol. The highest BCUT2D eigenvalue weighted by atomic mass is 31.1. The molecule has 4 heteroatoms. The lowest BCUT2D eigenvalue weighted by Crippen LogP contribution is -2.16. The van der Waals surface area contributed by atoms with Crippen molar-refractivity contribution in [1.29, 1.82) is 0 Å². The third kappa shape index (κ3) is 5.91. The van der Waals surface area contributed by atoms with E-state index in [2.05, 4.69) is 151 Å². The van der Waals surface area contributed by atoms with Gasteiger partial charge in [0, 0.05) is 10.6 Å². The van der Waals surface area contributed by atoms with E-state index in [0.29, 0.717) is 0 Å². The molecule has 0 bridgehead atoms. The van der Waals surface area contributed by atoms with Gasteiger partial charge in [-0.05, 0) is 60.6 Å². The Balaban J connectivity index is 2.19. The van der Waals surface area contributed by atoms with Crippen molar-refractivity contribution in [2.24, 2.45) is 0 Å². The quantitative estimate of drug-likeness (QED) is 0.171. The maximum Gasteiger partial charge on any atom is 0.129 e. The minimum atomic E-state index is -1.52. The standard InChI is InChI=1S/C34H40P2Si2/c1-25-27(3)33(35(29-17-13-11-14-18-29)31(25)21-23-37(5,6)7)34-28(4)26(2)32(22-24-38(8,9)10)36(34)30-19-15-12-16-20-30/h11-20H,1-10H3. The first-order valence-corrected chi connectivity index (χ1v) is 23.1. The molecule has 0 N–H and O–H groups in total. The lowest BCUT2D eigenvalue weighted by atomic mass is 10.1. The summed E-state index contributed by atoms with van der Waals surface area (Å²) in [5.74, 6) is 7.54. The van der Waals surface area contributed by atoms with Gasteiger partial charge in [0.15, 0.2) is 0 Å². The molecule has 0 saturated heterocycles. The van der Waals surface area contributed by atoms with Gasteiger partial charge in [-0.15, -0.1) is 11.1 Å². The first kappa shape index (κ1) is 28.6. The molecular formula is C34H40P2Si2. The molecule has 2 heterocycles. The number of rotatable bonds is 3. The lowest BCUT2D eigenvalue weighted by Gasteiger charge is -2.14. The van der Waals surface area contributed by atoms with Crippen molar-refractivity contribution in [2.75, 3.05) is 0 Å². The second kappa shape index (κ2) is 11.0. The molecule has 0 aliphatic rings. The first-order valence-electron chi connectivity index (χ1n) is 13.4. The van der Waals surface area contributed by atoms with Crippen molar-refractivity contribution >= 4 is 31.2 Å². The smallest absolute Gasteiger partial charge is 0.126 e. The Kier molecular flexibility index (Phi) is 8.24. The molecule has 4 aromatic rings. The fourth-order valence-electron chi connectivity index (χ4n) is 4.64. The minimum Gasteiger partial charge on any atom is -0.126 e. The Morgan fingerprint density at radius 2 is 0.789 bits per heavy atom. The Labute approximate surface area is 235 Å². The zero-order valence-corrected chi connectivity index (χ0v) is 28.5. The van der Waals surface area contributed by atoms with Gasteiger partial charge in [-0.25, -0.2) is 0 Å². The molecule has 0 spiro atoms. The zero-order valence-electron chi connectivity index (χ0n) is 24.7. The van der Waals surface area contributed by atoms with Crippen LogP contribution in [0.15, 0.2) is 60.7 Å². The van der Waals surface area contributed by atoms with Crippen molar-refractivity contribution in [3.63, 3.8) is 0 Å². The average molecular weight is 567 g/mol. The molecule has 2 atom stereocenters. The van der Waals surface area contributed by atoms with Gasteiger partial charge in [0.1, 0.15) is 16.1 Å². The van der Waals surface area contributed by atoms with Crippen LogP contribution in [0.4, 0.5) is 0 Å². The van der Waals surface area contributed by atoms with Crippen molar-refractivity contribution in [1.82, 2.24) is 0 Å². The third-order valence-corrected chi connectivity index (χ3v) is 14.2. The van der Waals surface area contributed by atoms with Gasteiger partial charge >= 0.3 is 0 Å². The van der Waals surface area contributed by atoms with E-state index >= 15 is 0 Å². The van der Waals surface area contributed by atoms with Crippen LogP contribution in [0.3, 0.4) is 0 Å². The van der Waals surface area contributed by atoms with Crippen LogP contribution < -0.4 is 0 Å². The van der Waals surface area contributed by atoms with Gasteiger partial charge in [0.2, 0.25) is 0 Å². The molecule has 0 radical (unpaired) electrons. The second-order valence-corrected chi connectivity index (χ2v) is 25.9. The predicted octanol–water partition coefficient (Wildman–Crippen LogP) is 11.0. The Morgan fingerprint density at radius 1 is 0.474 bits per heavy atom. The average Bonchev–Trinajstić information content (AvgIpc) is 3.25. The maximum absolute atomic E-state index is 3.77. The van der Waals surface area contributed by atoms with Crippen LogP contribution in [-0.2, 0) is 0 Å². The van der Waals surface area contributed by atoms with E-state index in [1.54, 1.807) is 0 Å². The highest BCUT2D eigenvalue weighted by Gasteiger charge is 2.28. The van der Waals surface area contributed by atoms with E-state index in [1.807, 2.05) is 0 Å². The van der Waals surface area contributed by atoms with Crippen LogP contribution in [-0.4, -0.2) is 16.1 Å². The van der Waals surface area contributed by atoms with Crippen LogP contribution in [0.5, 0.6) is 0 Å². The zero-order chi connectivity index (χ0) is 27.8. The molecule has 0 amide bonds. The number of benzene rings is 2. The molecule has 38 heavy (non-hydrogen) atoms. The van der Waals surface area contributed by atoms with Gasteiger partial charge < -0.3 is 0 Å². The summed E-state index contributed by atoms with van der Waals surface area (Å²) in [6, 6.07) is 22.3. The largest absolute Gasteiger partial charge is 0.129 e. The highest BCUT2D eigenvalue weighted by molar-refractivity contribution is 7.66. The molecule has 0 nitrogen and oxygen atoms in total. The van der Waals surface area contributed by atoms with Gasteiger partial charge in [-0.2, -0.15) is 0 Å². The topological polar surface area (TPSA) is 0 Å². The van der Waals surface area contributed by atoms with E-state index in [-0.39, 0.29) is 0 Å². The van der Waals surface area contributed by atoms with Crippen LogP contribution in [0.25, 0.3) is 21.2 Å². The number of hydrogen-bond donors (Lipinski definition) is 0. The van der Waals surface area contributed by atoms with Crippen LogP contribution in [0.1, 0.15) is 32.8 Å². The highest BCUT2D eigenvalue weighted by Crippen LogP contribution is 2.65. The van der Waals surface area contributed by atoms with Crippen molar-refractivity contribution in [3.8, 4) is 44.1 Å². The molecule has 2 aromatic carbocycles. The molecule has 0 fully saturated rings. The summed E-state index contributed by atoms with van der Waals surface area (Å²) in [7, 11) is -4.50. The Bertz CT molecular complexity index is 1480. The molecule has 2 aromatic heterocycles. The molecule has 0 aliphatic heterocycles. The van der Waals surface area contributed by atoms with Gasteiger partial charge in [0.05, 0.1) is 10.6 Å². The van der Waals surface area contributed by atoms with Crippen LogP contribution >= 0.6 is 15.1 Å². The summed E-state index contributed by atoms with van der Waals surface area (Å²) in [6.07, 6.45) is 0. The van der Waals surface area contributed by atoms with E-state index in [0.717, 1.165) is 0 Å². The van der Waals surface area contributed by atoms with Gasteiger partial charge in [0.25, 0.3) is 0 Å². The van der Waals surface area contributed by atoms with E-state index in [4.69, 9.17) is 0 Å². The fourth-order valence-corrected chi connectivity index (χ4v) is 12.0. The molecular weight excluding hydrogens is 526 g/mol. The monoisotopic (exact) mass is 566 g/mol. The molecule has 0 saturated carbocycles. The van der Waals surface area contributed by atoms with E-state index in [9.17, 15) is 0 Å². The normalized spacial score (nSPS) is 12.5. The summed E-state index contributed by atoms with van der Waals surface area (Å²) in [5.41, 5.74) is 13.0. The molecule has 4 rings (SSSR count). The lowest BCUT2D eigenvalue weighted by molar-refractivity contribution is 1.37.